The molecule has 0 saturated carbocycles. The smallest absolute Gasteiger partial charge is 0.255 e. The molecule has 0 aliphatic carbocycles. The zero-order valence-corrected chi connectivity index (χ0v) is 15.0. The summed E-state index contributed by atoms with van der Waals surface area (Å²) in [6.45, 7) is 6.96. The van der Waals surface area contributed by atoms with Gasteiger partial charge in [0.25, 0.3) is 5.91 Å². The Morgan fingerprint density at radius 1 is 1.20 bits per heavy atom. The molecule has 2 aromatic heterocycles. The van der Waals surface area contributed by atoms with Crippen LogP contribution in [0.1, 0.15) is 34.6 Å². The number of rotatable bonds is 6. The van der Waals surface area contributed by atoms with E-state index in [0.717, 1.165) is 36.1 Å². The van der Waals surface area contributed by atoms with Crippen LogP contribution in [0.2, 0.25) is 0 Å². The highest BCUT2D eigenvalue weighted by atomic mass is 16.1. The number of nitrogens with zero attached hydrogens (tertiary/aromatic N) is 5. The summed E-state index contributed by atoms with van der Waals surface area (Å²) in [6, 6.07) is 1.96. The van der Waals surface area contributed by atoms with Crippen molar-refractivity contribution < 1.29 is 4.79 Å². The Balaban J connectivity index is 1.50. The number of aromatic nitrogens is 4. The Morgan fingerprint density at radius 3 is 2.64 bits per heavy atom. The van der Waals surface area contributed by atoms with Gasteiger partial charge in [-0.25, -0.2) is 9.97 Å². The number of hydrogen-bond donors (Lipinski definition) is 2. The van der Waals surface area contributed by atoms with Crippen LogP contribution < -0.4 is 15.5 Å². The van der Waals surface area contributed by atoms with Crippen LogP contribution in [0.25, 0.3) is 0 Å². The Labute approximate surface area is 147 Å². The lowest BCUT2D eigenvalue weighted by atomic mass is 10.2. The second kappa shape index (κ2) is 7.50. The number of anilines is 2. The van der Waals surface area contributed by atoms with Crippen LogP contribution in [0.4, 0.5) is 11.6 Å². The molecule has 3 heterocycles. The third-order valence-electron chi connectivity index (χ3n) is 4.54. The molecule has 1 saturated heterocycles. The van der Waals surface area contributed by atoms with E-state index in [1.54, 1.807) is 11.0 Å². The molecule has 8 nitrogen and oxygen atoms in total. The zero-order valence-electron chi connectivity index (χ0n) is 15.0. The van der Waals surface area contributed by atoms with Crippen molar-refractivity contribution in [3.63, 3.8) is 0 Å². The minimum atomic E-state index is -0.0923. The third-order valence-corrected chi connectivity index (χ3v) is 4.54. The highest BCUT2D eigenvalue weighted by molar-refractivity contribution is 5.96. The molecule has 8 heteroatoms. The van der Waals surface area contributed by atoms with E-state index < -0.39 is 0 Å². The maximum absolute atomic E-state index is 12.3. The van der Waals surface area contributed by atoms with Crippen molar-refractivity contribution in [2.45, 2.75) is 26.7 Å². The summed E-state index contributed by atoms with van der Waals surface area (Å²) in [6.07, 6.45) is 4.01. The normalized spacial score (nSPS) is 14.0. The molecule has 25 heavy (non-hydrogen) atoms. The van der Waals surface area contributed by atoms with Crippen molar-refractivity contribution >= 4 is 17.5 Å². The van der Waals surface area contributed by atoms with E-state index in [1.165, 1.54) is 12.8 Å². The number of aryl methyl sites for hydroxylation is 2. The van der Waals surface area contributed by atoms with Gasteiger partial charge in [-0.05, 0) is 26.7 Å². The topological polar surface area (TPSA) is 88.0 Å². The monoisotopic (exact) mass is 343 g/mol. The lowest BCUT2D eigenvalue weighted by Gasteiger charge is -2.16. The summed E-state index contributed by atoms with van der Waals surface area (Å²) in [4.78, 5) is 23.2. The van der Waals surface area contributed by atoms with Crippen molar-refractivity contribution in [1.82, 2.24) is 25.1 Å². The molecule has 1 amide bonds. The molecule has 0 atom stereocenters. The Bertz CT molecular complexity index is 749. The Hall–Kier alpha value is -2.64. The average molecular weight is 343 g/mol. The minimum Gasteiger partial charge on any atom is -0.368 e. The third kappa shape index (κ3) is 3.89. The highest BCUT2D eigenvalue weighted by Crippen LogP contribution is 2.19. The van der Waals surface area contributed by atoms with E-state index in [4.69, 9.17) is 0 Å². The summed E-state index contributed by atoms with van der Waals surface area (Å²) >= 11 is 0. The van der Waals surface area contributed by atoms with E-state index in [0.29, 0.717) is 18.7 Å². The van der Waals surface area contributed by atoms with Gasteiger partial charge >= 0.3 is 0 Å². The van der Waals surface area contributed by atoms with Crippen LogP contribution in [0.5, 0.6) is 0 Å². The fraction of sp³-hybridized carbons (Fsp3) is 0.529. The van der Waals surface area contributed by atoms with Gasteiger partial charge in [0.1, 0.15) is 18.0 Å². The average Bonchev–Trinajstić information content (AvgIpc) is 3.21. The molecule has 0 unspecified atom stereocenters. The summed E-state index contributed by atoms with van der Waals surface area (Å²) in [5.74, 6) is 1.64. The van der Waals surface area contributed by atoms with Crippen LogP contribution in [0, 0.1) is 13.8 Å². The molecule has 1 aliphatic heterocycles. The second-order valence-electron chi connectivity index (χ2n) is 6.31. The Kier molecular flexibility index (Phi) is 5.16. The second-order valence-corrected chi connectivity index (χ2v) is 6.31. The van der Waals surface area contributed by atoms with E-state index in [-0.39, 0.29) is 5.91 Å². The quantitative estimate of drug-likeness (QED) is 0.768. The molecule has 0 aromatic carbocycles. The fourth-order valence-electron chi connectivity index (χ4n) is 3.12. The van der Waals surface area contributed by atoms with Crippen LogP contribution in [0.3, 0.4) is 0 Å². The first-order chi connectivity index (χ1) is 12.1. The van der Waals surface area contributed by atoms with Crippen LogP contribution in [0.15, 0.2) is 12.4 Å². The summed E-state index contributed by atoms with van der Waals surface area (Å²) < 4.78 is 1.73. The fourth-order valence-corrected chi connectivity index (χ4v) is 3.12. The molecular weight excluding hydrogens is 318 g/mol. The SMILES string of the molecule is Cc1nn(C)c(C)c1C(=O)NCCNc1cc(N2CCCC2)ncn1. The van der Waals surface area contributed by atoms with Crippen LogP contribution >= 0.6 is 0 Å². The van der Waals surface area contributed by atoms with Gasteiger partial charge in [-0.1, -0.05) is 0 Å². The van der Waals surface area contributed by atoms with Gasteiger partial charge in [-0.2, -0.15) is 5.10 Å². The lowest BCUT2D eigenvalue weighted by Crippen LogP contribution is -2.29. The summed E-state index contributed by atoms with van der Waals surface area (Å²) in [7, 11) is 1.84. The first kappa shape index (κ1) is 17.2. The first-order valence-electron chi connectivity index (χ1n) is 8.65. The van der Waals surface area contributed by atoms with Gasteiger partial charge in [0.2, 0.25) is 0 Å². The van der Waals surface area contributed by atoms with Gasteiger partial charge in [-0.3, -0.25) is 9.48 Å². The molecule has 0 spiro atoms. The number of amides is 1. The summed E-state index contributed by atoms with van der Waals surface area (Å²) in [5.41, 5.74) is 2.27. The highest BCUT2D eigenvalue weighted by Gasteiger charge is 2.17. The molecule has 2 N–H and O–H groups in total. The van der Waals surface area contributed by atoms with Crippen molar-refractivity contribution in [2.24, 2.45) is 7.05 Å². The van der Waals surface area contributed by atoms with E-state index >= 15 is 0 Å². The van der Waals surface area contributed by atoms with Gasteiger partial charge in [0, 0.05) is 45.0 Å². The molecule has 134 valence electrons. The van der Waals surface area contributed by atoms with Crippen molar-refractivity contribution in [2.75, 3.05) is 36.4 Å². The molecule has 3 rings (SSSR count). The number of carbonyl (C=O) groups is 1. The largest absolute Gasteiger partial charge is 0.368 e. The maximum atomic E-state index is 12.3. The number of hydrogen-bond acceptors (Lipinski definition) is 6. The molecule has 1 fully saturated rings. The van der Waals surface area contributed by atoms with E-state index in [2.05, 4.69) is 30.6 Å². The van der Waals surface area contributed by atoms with Gasteiger partial charge in [0.15, 0.2) is 0 Å². The first-order valence-corrected chi connectivity index (χ1v) is 8.65. The molecule has 0 bridgehead atoms. The molecule has 1 aliphatic rings. The summed E-state index contributed by atoms with van der Waals surface area (Å²) in [5, 5.41) is 10.4. The maximum Gasteiger partial charge on any atom is 0.255 e. The number of carbonyl (C=O) groups excluding carboxylic acids is 1. The predicted octanol–water partition coefficient (Wildman–Crippen LogP) is 1.27. The number of nitrogens with one attached hydrogen (secondary N) is 2. The van der Waals surface area contributed by atoms with Crippen LogP contribution in [-0.2, 0) is 7.05 Å². The predicted molar refractivity (Wildman–Crippen MR) is 97.0 cm³/mol. The molecular formula is C17H25N7O. The van der Waals surface area contributed by atoms with E-state index in [1.807, 2.05) is 27.0 Å². The van der Waals surface area contributed by atoms with E-state index in [9.17, 15) is 4.79 Å². The van der Waals surface area contributed by atoms with Gasteiger partial charge in [0.05, 0.1) is 11.3 Å². The van der Waals surface area contributed by atoms with Crippen molar-refractivity contribution in [1.29, 1.82) is 0 Å². The zero-order chi connectivity index (χ0) is 17.8. The van der Waals surface area contributed by atoms with Crippen molar-refractivity contribution in [3.8, 4) is 0 Å². The van der Waals surface area contributed by atoms with Gasteiger partial charge < -0.3 is 15.5 Å². The minimum absolute atomic E-state index is 0.0923. The molecule has 2 aromatic rings. The Morgan fingerprint density at radius 2 is 1.96 bits per heavy atom. The van der Waals surface area contributed by atoms with Crippen molar-refractivity contribution in [3.05, 3.63) is 29.3 Å². The van der Waals surface area contributed by atoms with Gasteiger partial charge in [-0.15, -0.1) is 0 Å². The standard InChI is InChI=1S/C17H25N7O/c1-12-16(13(2)23(3)22-12)17(25)19-7-6-18-14-10-15(21-11-20-14)24-8-4-5-9-24/h10-11H,4-9H2,1-3H3,(H,19,25)(H,18,20,21). The van der Waals surface area contributed by atoms with Crippen LogP contribution in [-0.4, -0.2) is 51.8 Å². The molecule has 0 radical (unpaired) electrons. The lowest BCUT2D eigenvalue weighted by molar-refractivity contribution is 0.0954.